The lowest BCUT2D eigenvalue weighted by Crippen LogP contribution is -2.21. The van der Waals surface area contributed by atoms with Crippen LogP contribution in [0.2, 0.25) is 0 Å². The van der Waals surface area contributed by atoms with Crippen LogP contribution in [0.25, 0.3) is 28.2 Å². The number of nitrogen functional groups attached to an aromatic ring is 1. The minimum absolute atomic E-state index is 0.176. The molecule has 0 aliphatic heterocycles. The molecule has 4 aromatic rings. The Hall–Kier alpha value is -4.69. The molecule has 1 aromatic carbocycles. The van der Waals surface area contributed by atoms with Gasteiger partial charge in [-0.15, -0.1) is 0 Å². The molecule has 0 saturated carbocycles. The van der Waals surface area contributed by atoms with Crippen molar-refractivity contribution in [2.75, 3.05) is 5.73 Å². The molecule has 162 valence electrons. The van der Waals surface area contributed by atoms with Gasteiger partial charge < -0.3 is 10.3 Å². The Morgan fingerprint density at radius 3 is 2.42 bits per heavy atom. The summed E-state index contributed by atoms with van der Waals surface area (Å²) in [7, 11) is 1.68. The van der Waals surface area contributed by atoms with E-state index in [2.05, 4.69) is 16.0 Å². The van der Waals surface area contributed by atoms with Crippen LogP contribution in [0.3, 0.4) is 0 Å². The van der Waals surface area contributed by atoms with Gasteiger partial charge in [-0.1, -0.05) is 12.1 Å². The lowest BCUT2D eigenvalue weighted by Gasteiger charge is -2.16. The van der Waals surface area contributed by atoms with Crippen molar-refractivity contribution in [1.29, 1.82) is 10.5 Å². The van der Waals surface area contributed by atoms with E-state index >= 15 is 0 Å². The predicted molar refractivity (Wildman–Crippen MR) is 125 cm³/mol. The van der Waals surface area contributed by atoms with Gasteiger partial charge in [0.15, 0.2) is 0 Å². The van der Waals surface area contributed by atoms with Crippen LogP contribution in [0.4, 0.5) is 5.82 Å². The maximum absolute atomic E-state index is 13.0. The van der Waals surface area contributed by atoms with Crippen LogP contribution in [-0.2, 0) is 12.5 Å². The van der Waals surface area contributed by atoms with Gasteiger partial charge in [-0.2, -0.15) is 10.5 Å². The fourth-order valence-corrected chi connectivity index (χ4v) is 3.55. The molecule has 0 fully saturated rings. The average Bonchev–Trinajstić information content (AvgIpc) is 3.13. The number of nitrogens with zero attached hydrogens (tertiary/aromatic N) is 6. The molecule has 0 atom stereocenters. The van der Waals surface area contributed by atoms with E-state index in [-0.39, 0.29) is 11.5 Å². The number of nitriles is 2. The summed E-state index contributed by atoms with van der Waals surface area (Å²) in [6, 6.07) is 17.0. The van der Waals surface area contributed by atoms with Crippen molar-refractivity contribution in [3.8, 4) is 40.3 Å². The molecule has 0 aliphatic carbocycles. The Kier molecular flexibility index (Phi) is 5.29. The monoisotopic (exact) mass is 435 g/mol. The van der Waals surface area contributed by atoms with E-state index in [1.165, 1.54) is 4.57 Å². The second kappa shape index (κ2) is 8.10. The number of nitrogens with two attached hydrogens (primary N) is 1. The van der Waals surface area contributed by atoms with Crippen LogP contribution >= 0.6 is 0 Å². The van der Waals surface area contributed by atoms with Gasteiger partial charge in [-0.25, -0.2) is 9.78 Å². The zero-order valence-electron chi connectivity index (χ0n) is 18.4. The molecule has 3 aromatic heterocycles. The van der Waals surface area contributed by atoms with E-state index in [4.69, 9.17) is 5.73 Å². The third-order valence-corrected chi connectivity index (χ3v) is 5.57. The van der Waals surface area contributed by atoms with Crippen molar-refractivity contribution < 1.29 is 0 Å². The van der Waals surface area contributed by atoms with Crippen molar-refractivity contribution >= 4 is 5.82 Å². The minimum Gasteiger partial charge on any atom is -0.383 e. The van der Waals surface area contributed by atoms with Crippen LogP contribution in [-0.4, -0.2) is 19.1 Å². The molecular weight excluding hydrogens is 414 g/mol. The van der Waals surface area contributed by atoms with E-state index in [0.717, 1.165) is 16.7 Å². The standard InChI is InChI=1S/C25H21N7O/c1-25(2,15-27)19-4-6-20(7-5-19)32-22(14-31(3)24(32)33)21-11-16(8-9-29-21)18-10-17(12-26)23(28)30-13-18/h4-11,13-14H,1-3H3,(H2,28,30). The molecule has 0 aliphatic rings. The summed E-state index contributed by atoms with van der Waals surface area (Å²) in [5.74, 6) is 0.176. The average molecular weight is 435 g/mol. The minimum atomic E-state index is -0.631. The number of pyridine rings is 2. The maximum Gasteiger partial charge on any atom is 0.333 e. The first-order chi connectivity index (χ1) is 15.7. The Bertz CT molecular complexity index is 1500. The van der Waals surface area contributed by atoms with E-state index in [1.54, 1.807) is 36.3 Å². The SMILES string of the molecule is Cn1cc(-c2cc(-c3cnc(N)c(C#N)c3)ccn2)n(-c2ccc(C(C)(C)C#N)cc2)c1=O. The lowest BCUT2D eigenvalue weighted by molar-refractivity contribution is 0.686. The number of hydrogen-bond acceptors (Lipinski definition) is 6. The number of rotatable bonds is 4. The molecule has 0 spiro atoms. The van der Waals surface area contributed by atoms with Gasteiger partial charge in [0.25, 0.3) is 0 Å². The van der Waals surface area contributed by atoms with Gasteiger partial charge in [0, 0.05) is 31.2 Å². The van der Waals surface area contributed by atoms with E-state index in [1.807, 2.05) is 56.3 Å². The molecule has 4 rings (SSSR count). The molecule has 3 heterocycles. The van der Waals surface area contributed by atoms with Gasteiger partial charge in [-0.05, 0) is 55.3 Å². The molecule has 0 unspecified atom stereocenters. The van der Waals surface area contributed by atoms with Crippen LogP contribution in [0.5, 0.6) is 0 Å². The van der Waals surface area contributed by atoms with Gasteiger partial charge in [-0.3, -0.25) is 9.55 Å². The summed E-state index contributed by atoms with van der Waals surface area (Å²) in [6.45, 7) is 3.70. The number of benzene rings is 1. The molecular formula is C25H21N7O. The van der Waals surface area contributed by atoms with E-state index in [0.29, 0.717) is 22.6 Å². The highest BCUT2D eigenvalue weighted by Gasteiger charge is 2.20. The van der Waals surface area contributed by atoms with Gasteiger partial charge >= 0.3 is 5.69 Å². The Labute approximate surface area is 190 Å². The van der Waals surface area contributed by atoms with Gasteiger partial charge in [0.2, 0.25) is 0 Å². The number of aryl methyl sites for hydroxylation is 1. The smallest absolute Gasteiger partial charge is 0.333 e. The van der Waals surface area contributed by atoms with Gasteiger partial charge in [0.1, 0.15) is 11.9 Å². The van der Waals surface area contributed by atoms with Crippen LogP contribution < -0.4 is 11.4 Å². The van der Waals surface area contributed by atoms with E-state index < -0.39 is 5.41 Å². The number of hydrogen-bond donors (Lipinski definition) is 1. The molecule has 0 bridgehead atoms. The topological polar surface area (TPSA) is 126 Å². The lowest BCUT2D eigenvalue weighted by atomic mass is 9.86. The number of aromatic nitrogens is 4. The van der Waals surface area contributed by atoms with E-state index in [9.17, 15) is 15.3 Å². The van der Waals surface area contributed by atoms with Crippen molar-refractivity contribution in [2.24, 2.45) is 7.05 Å². The third-order valence-electron chi connectivity index (χ3n) is 5.57. The fourth-order valence-electron chi connectivity index (χ4n) is 3.55. The van der Waals surface area contributed by atoms with Crippen LogP contribution in [0.15, 0.2) is 65.8 Å². The van der Waals surface area contributed by atoms with Crippen molar-refractivity contribution in [1.82, 2.24) is 19.1 Å². The molecule has 8 heteroatoms. The predicted octanol–water partition coefficient (Wildman–Crippen LogP) is 3.56. The third kappa shape index (κ3) is 3.86. The van der Waals surface area contributed by atoms with Crippen LogP contribution in [0.1, 0.15) is 25.0 Å². The van der Waals surface area contributed by atoms with Crippen molar-refractivity contribution in [3.63, 3.8) is 0 Å². The Morgan fingerprint density at radius 1 is 1.03 bits per heavy atom. The molecule has 33 heavy (non-hydrogen) atoms. The van der Waals surface area contributed by atoms with Crippen molar-refractivity contribution in [2.45, 2.75) is 19.3 Å². The zero-order valence-corrected chi connectivity index (χ0v) is 18.4. The summed E-state index contributed by atoms with van der Waals surface area (Å²) >= 11 is 0. The molecule has 8 nitrogen and oxygen atoms in total. The van der Waals surface area contributed by atoms with Crippen molar-refractivity contribution in [3.05, 3.63) is 82.7 Å². The second-order valence-corrected chi connectivity index (χ2v) is 8.23. The summed E-state index contributed by atoms with van der Waals surface area (Å²) < 4.78 is 3.08. The Morgan fingerprint density at radius 2 is 1.76 bits per heavy atom. The largest absolute Gasteiger partial charge is 0.383 e. The summed E-state index contributed by atoms with van der Waals surface area (Å²) in [6.07, 6.45) is 4.97. The molecule has 0 saturated heterocycles. The van der Waals surface area contributed by atoms with Gasteiger partial charge in [0.05, 0.1) is 34.1 Å². The quantitative estimate of drug-likeness (QED) is 0.522. The highest BCUT2D eigenvalue weighted by molar-refractivity contribution is 5.71. The number of anilines is 1. The summed E-state index contributed by atoms with van der Waals surface area (Å²) in [5.41, 5.74) is 9.43. The first kappa shape index (κ1) is 21.5. The summed E-state index contributed by atoms with van der Waals surface area (Å²) in [5, 5.41) is 18.7. The molecule has 0 amide bonds. The highest BCUT2D eigenvalue weighted by Crippen LogP contribution is 2.28. The molecule has 0 radical (unpaired) electrons. The zero-order chi connectivity index (χ0) is 23.8. The highest BCUT2D eigenvalue weighted by atomic mass is 16.1. The first-order valence-corrected chi connectivity index (χ1v) is 10.2. The number of imidazole rings is 1. The first-order valence-electron chi connectivity index (χ1n) is 10.2. The summed E-state index contributed by atoms with van der Waals surface area (Å²) in [4.78, 5) is 21.5. The second-order valence-electron chi connectivity index (χ2n) is 8.23. The molecule has 2 N–H and O–H groups in total. The maximum atomic E-state index is 13.0. The van der Waals surface area contributed by atoms with Crippen LogP contribution in [0, 0.1) is 22.7 Å². The normalized spacial score (nSPS) is 11.1. The fraction of sp³-hybridized carbons (Fsp3) is 0.160. The Balaban J connectivity index is 1.82.